The van der Waals surface area contributed by atoms with Crippen molar-refractivity contribution in [2.24, 2.45) is 4.99 Å². The number of fused-ring (bicyclic) bond motifs is 1. The Morgan fingerprint density at radius 2 is 1.79 bits per heavy atom. The van der Waals surface area contributed by atoms with Gasteiger partial charge in [0.25, 0.3) is 5.56 Å². The molecular weight excluding hydrogens is 536 g/mol. The van der Waals surface area contributed by atoms with Gasteiger partial charge >= 0.3 is 5.97 Å². The summed E-state index contributed by atoms with van der Waals surface area (Å²) in [7, 11) is 2.89. The van der Waals surface area contributed by atoms with Gasteiger partial charge in [-0.05, 0) is 54.0 Å². The first-order valence-corrected chi connectivity index (χ1v) is 13.3. The molecule has 0 unspecified atom stereocenters. The normalized spacial score (nSPS) is 15.0. The van der Waals surface area contributed by atoms with Crippen LogP contribution in [0.3, 0.4) is 0 Å². The zero-order valence-electron chi connectivity index (χ0n) is 21.5. The van der Waals surface area contributed by atoms with Crippen LogP contribution >= 0.6 is 22.9 Å². The third-order valence-electron chi connectivity index (χ3n) is 6.34. The van der Waals surface area contributed by atoms with E-state index in [0.29, 0.717) is 43.7 Å². The van der Waals surface area contributed by atoms with Crippen LogP contribution in [0.2, 0.25) is 5.02 Å². The van der Waals surface area contributed by atoms with Crippen molar-refractivity contribution in [2.45, 2.75) is 19.6 Å². The molecule has 0 spiro atoms. The van der Waals surface area contributed by atoms with Gasteiger partial charge in [0.2, 0.25) is 0 Å². The quantitative estimate of drug-likeness (QED) is 0.307. The van der Waals surface area contributed by atoms with Crippen LogP contribution in [0.1, 0.15) is 29.7 Å². The number of halogens is 1. The summed E-state index contributed by atoms with van der Waals surface area (Å²) in [4.78, 5) is 31.6. The lowest BCUT2D eigenvalue weighted by Gasteiger charge is -2.24. The van der Waals surface area contributed by atoms with Crippen LogP contribution in [-0.2, 0) is 16.1 Å². The zero-order chi connectivity index (χ0) is 27.5. The van der Waals surface area contributed by atoms with Crippen molar-refractivity contribution in [1.29, 1.82) is 0 Å². The standard InChI is InChI=1S/C30H25ClN2O5S/c1-18-26(29(35)37-3)27(21-7-5-4-6-8-21)33-28(34)25(39-30(33)32-18)16-20-11-14-23(24(15-20)36-2)38-17-19-9-12-22(31)13-10-19/h4-16,27H,17H2,1-3H3/b25-16-/t27-/m1/s1. The summed E-state index contributed by atoms with van der Waals surface area (Å²) in [6.07, 6.45) is 1.79. The maximum Gasteiger partial charge on any atom is 0.338 e. The van der Waals surface area contributed by atoms with E-state index in [9.17, 15) is 9.59 Å². The van der Waals surface area contributed by atoms with Crippen molar-refractivity contribution >= 4 is 35.0 Å². The van der Waals surface area contributed by atoms with E-state index in [1.54, 1.807) is 24.7 Å². The number of ether oxygens (including phenoxy) is 3. The highest BCUT2D eigenvalue weighted by Crippen LogP contribution is 2.31. The molecule has 39 heavy (non-hydrogen) atoms. The summed E-state index contributed by atoms with van der Waals surface area (Å²) in [5.74, 6) is 0.600. The molecule has 9 heteroatoms. The first-order chi connectivity index (χ1) is 18.9. The number of rotatable bonds is 7. The van der Waals surface area contributed by atoms with E-state index >= 15 is 0 Å². The van der Waals surface area contributed by atoms with Gasteiger partial charge in [-0.15, -0.1) is 0 Å². The third-order valence-corrected chi connectivity index (χ3v) is 7.57. The highest BCUT2D eigenvalue weighted by atomic mass is 35.5. The van der Waals surface area contributed by atoms with E-state index in [-0.39, 0.29) is 5.56 Å². The Labute approximate surface area is 233 Å². The van der Waals surface area contributed by atoms with Crippen LogP contribution < -0.4 is 24.4 Å². The molecule has 0 amide bonds. The van der Waals surface area contributed by atoms with Crippen molar-refractivity contribution in [1.82, 2.24) is 4.57 Å². The van der Waals surface area contributed by atoms with Gasteiger partial charge in [0, 0.05) is 5.02 Å². The van der Waals surface area contributed by atoms with Gasteiger partial charge in [-0.1, -0.05) is 71.5 Å². The molecule has 1 atom stereocenters. The fourth-order valence-corrected chi connectivity index (χ4v) is 5.60. The second-order valence-electron chi connectivity index (χ2n) is 8.81. The smallest absolute Gasteiger partial charge is 0.338 e. The van der Waals surface area contributed by atoms with E-state index in [1.165, 1.54) is 18.4 Å². The summed E-state index contributed by atoms with van der Waals surface area (Å²) in [5, 5.41) is 0.665. The molecule has 0 N–H and O–H groups in total. The second-order valence-corrected chi connectivity index (χ2v) is 10.3. The maximum atomic E-state index is 13.7. The number of esters is 1. The summed E-state index contributed by atoms with van der Waals surface area (Å²) in [5.41, 5.74) is 3.14. The van der Waals surface area contributed by atoms with Crippen molar-refractivity contribution < 1.29 is 19.0 Å². The molecule has 0 saturated carbocycles. The van der Waals surface area contributed by atoms with E-state index in [1.807, 2.05) is 72.8 Å². The second kappa shape index (κ2) is 11.3. The predicted octanol–water partition coefficient (Wildman–Crippen LogP) is 4.65. The lowest BCUT2D eigenvalue weighted by atomic mass is 9.96. The van der Waals surface area contributed by atoms with E-state index in [2.05, 4.69) is 4.99 Å². The molecule has 1 aliphatic heterocycles. The summed E-state index contributed by atoms with van der Waals surface area (Å²) >= 11 is 7.23. The Bertz CT molecular complexity index is 1740. The van der Waals surface area contributed by atoms with Gasteiger partial charge in [-0.2, -0.15) is 0 Å². The number of allylic oxidation sites excluding steroid dienone is 1. The first kappa shape index (κ1) is 26.5. The first-order valence-electron chi connectivity index (χ1n) is 12.1. The Morgan fingerprint density at radius 3 is 2.49 bits per heavy atom. The third kappa shape index (κ3) is 5.39. The van der Waals surface area contributed by atoms with Crippen molar-refractivity contribution in [3.63, 3.8) is 0 Å². The number of aromatic nitrogens is 1. The molecule has 3 aromatic carbocycles. The fraction of sp³-hybridized carbons (Fsp3) is 0.167. The molecule has 7 nitrogen and oxygen atoms in total. The molecule has 0 aliphatic carbocycles. The van der Waals surface area contributed by atoms with Gasteiger partial charge in [0.05, 0.1) is 36.1 Å². The van der Waals surface area contributed by atoms with Crippen molar-refractivity contribution in [3.05, 3.63) is 125 Å². The number of benzene rings is 3. The van der Waals surface area contributed by atoms with Crippen molar-refractivity contribution in [3.8, 4) is 11.5 Å². The van der Waals surface area contributed by atoms with Gasteiger partial charge in [0.1, 0.15) is 6.61 Å². The number of carbonyl (C=O) groups is 1. The van der Waals surface area contributed by atoms with Gasteiger partial charge < -0.3 is 14.2 Å². The molecular formula is C30H25ClN2O5S. The SMILES string of the molecule is COC(=O)C1=C(C)N=c2s/c(=C\c3ccc(OCc4ccc(Cl)cc4)c(OC)c3)c(=O)n2[C@@H]1c1ccccc1. The van der Waals surface area contributed by atoms with E-state index < -0.39 is 12.0 Å². The van der Waals surface area contributed by atoms with Crippen LogP contribution in [0.25, 0.3) is 6.08 Å². The maximum absolute atomic E-state index is 13.7. The molecule has 0 fully saturated rings. The minimum atomic E-state index is -0.643. The molecule has 198 valence electrons. The van der Waals surface area contributed by atoms with Crippen LogP contribution in [-0.4, -0.2) is 24.8 Å². The number of nitrogens with zero attached hydrogens (tertiary/aromatic N) is 2. The average Bonchev–Trinajstić information content (AvgIpc) is 3.26. The topological polar surface area (TPSA) is 79.1 Å². The monoisotopic (exact) mass is 560 g/mol. The molecule has 0 saturated heterocycles. The Morgan fingerprint density at radius 1 is 1.05 bits per heavy atom. The molecule has 4 aromatic rings. The summed E-state index contributed by atoms with van der Waals surface area (Å²) in [6, 6.07) is 21.7. The highest BCUT2D eigenvalue weighted by molar-refractivity contribution is 7.07. The summed E-state index contributed by atoms with van der Waals surface area (Å²) in [6.45, 7) is 2.11. The lowest BCUT2D eigenvalue weighted by molar-refractivity contribution is -0.136. The number of methoxy groups -OCH3 is 2. The predicted molar refractivity (Wildman–Crippen MR) is 151 cm³/mol. The minimum Gasteiger partial charge on any atom is -0.493 e. The fourth-order valence-electron chi connectivity index (χ4n) is 4.43. The van der Waals surface area contributed by atoms with Gasteiger partial charge in [0.15, 0.2) is 16.3 Å². The Hall–Kier alpha value is -4.14. The molecule has 1 aliphatic rings. The zero-order valence-corrected chi connectivity index (χ0v) is 23.1. The molecule has 1 aromatic heterocycles. The Balaban J connectivity index is 1.53. The highest BCUT2D eigenvalue weighted by Gasteiger charge is 2.32. The van der Waals surface area contributed by atoms with E-state index in [0.717, 1.165) is 16.7 Å². The number of thiazole rings is 1. The van der Waals surface area contributed by atoms with Gasteiger partial charge in [-0.3, -0.25) is 9.36 Å². The minimum absolute atomic E-state index is 0.247. The number of hydrogen-bond donors (Lipinski definition) is 0. The largest absolute Gasteiger partial charge is 0.493 e. The number of carbonyl (C=O) groups excluding carboxylic acids is 1. The Kier molecular flexibility index (Phi) is 7.67. The average molecular weight is 561 g/mol. The van der Waals surface area contributed by atoms with Crippen LogP contribution in [0.15, 0.2) is 93.9 Å². The van der Waals surface area contributed by atoms with Crippen molar-refractivity contribution in [2.75, 3.05) is 14.2 Å². The molecule has 5 rings (SSSR count). The number of hydrogen-bond acceptors (Lipinski definition) is 7. The van der Waals surface area contributed by atoms with E-state index in [4.69, 9.17) is 25.8 Å². The summed E-state index contributed by atoms with van der Waals surface area (Å²) < 4.78 is 18.6. The van der Waals surface area contributed by atoms with Crippen LogP contribution in [0.5, 0.6) is 11.5 Å². The molecule has 0 bridgehead atoms. The van der Waals surface area contributed by atoms with Gasteiger partial charge in [-0.25, -0.2) is 9.79 Å². The molecule has 2 heterocycles. The van der Waals surface area contributed by atoms with Crippen LogP contribution in [0, 0.1) is 0 Å². The van der Waals surface area contributed by atoms with Crippen LogP contribution in [0.4, 0.5) is 0 Å². The molecule has 0 radical (unpaired) electrons. The lowest BCUT2D eigenvalue weighted by Crippen LogP contribution is -2.39.